The molecule has 0 spiro atoms. The van der Waals surface area contributed by atoms with Gasteiger partial charge in [0.15, 0.2) is 0 Å². The van der Waals surface area contributed by atoms with Crippen LogP contribution in [-0.2, 0) is 14.3 Å². The van der Waals surface area contributed by atoms with Crippen LogP contribution < -0.4 is 4.74 Å². The highest BCUT2D eigenvalue weighted by atomic mass is 16.5. The van der Waals surface area contributed by atoms with E-state index in [0.29, 0.717) is 5.75 Å². The van der Waals surface area contributed by atoms with Crippen molar-refractivity contribution in [3.05, 3.63) is 35.9 Å². The lowest BCUT2D eigenvalue weighted by Crippen LogP contribution is -2.29. The minimum Gasteiger partial charge on any atom is -0.478 e. The topological polar surface area (TPSA) is 72.8 Å². The molecule has 1 aliphatic carbocycles. The molecule has 0 aromatic heterocycles. The van der Waals surface area contributed by atoms with Gasteiger partial charge in [0.25, 0.3) is 0 Å². The molecule has 5 heteroatoms. The molecular formula is C19H24O5. The van der Waals surface area contributed by atoms with Gasteiger partial charge in [-0.05, 0) is 55.9 Å². The SMILES string of the molecule is CCCOC1CCC(C(=O)Oc2ccc(/C=C/C(=O)O)cc2)CC1. The van der Waals surface area contributed by atoms with E-state index in [9.17, 15) is 9.59 Å². The Kier molecular flexibility index (Phi) is 7.00. The molecule has 1 aromatic carbocycles. The summed E-state index contributed by atoms with van der Waals surface area (Å²) in [7, 11) is 0. The fraction of sp³-hybridized carbons (Fsp3) is 0.474. The van der Waals surface area contributed by atoms with Crippen molar-refractivity contribution in [2.75, 3.05) is 6.61 Å². The van der Waals surface area contributed by atoms with Gasteiger partial charge in [0.05, 0.1) is 12.0 Å². The van der Waals surface area contributed by atoms with Crippen LogP contribution in [0.4, 0.5) is 0 Å². The van der Waals surface area contributed by atoms with Crippen LogP contribution in [0.1, 0.15) is 44.6 Å². The van der Waals surface area contributed by atoms with Gasteiger partial charge in [-0.25, -0.2) is 4.79 Å². The third-order valence-electron chi connectivity index (χ3n) is 4.08. The summed E-state index contributed by atoms with van der Waals surface area (Å²) in [4.78, 5) is 22.7. The second-order valence-corrected chi connectivity index (χ2v) is 6.01. The van der Waals surface area contributed by atoms with Gasteiger partial charge in [-0.2, -0.15) is 0 Å². The third kappa shape index (κ3) is 5.81. The maximum Gasteiger partial charge on any atom is 0.328 e. The molecule has 0 atom stereocenters. The van der Waals surface area contributed by atoms with Crippen molar-refractivity contribution in [3.63, 3.8) is 0 Å². The number of benzene rings is 1. The first-order valence-electron chi connectivity index (χ1n) is 8.43. The molecular weight excluding hydrogens is 308 g/mol. The zero-order valence-corrected chi connectivity index (χ0v) is 13.9. The van der Waals surface area contributed by atoms with E-state index in [0.717, 1.165) is 50.4 Å². The first kappa shape index (κ1) is 18.2. The van der Waals surface area contributed by atoms with Crippen LogP contribution in [-0.4, -0.2) is 29.8 Å². The van der Waals surface area contributed by atoms with Crippen molar-refractivity contribution < 1.29 is 24.2 Å². The number of carboxylic acid groups (broad SMARTS) is 1. The summed E-state index contributed by atoms with van der Waals surface area (Å²) in [5.74, 6) is -0.781. The van der Waals surface area contributed by atoms with Crippen LogP contribution in [0.25, 0.3) is 6.08 Å². The van der Waals surface area contributed by atoms with E-state index in [1.54, 1.807) is 24.3 Å². The molecule has 0 aliphatic heterocycles. The van der Waals surface area contributed by atoms with E-state index in [1.807, 2.05) is 0 Å². The molecule has 5 nitrogen and oxygen atoms in total. The monoisotopic (exact) mass is 332 g/mol. The number of aliphatic carboxylic acids is 1. The zero-order valence-electron chi connectivity index (χ0n) is 13.9. The fourth-order valence-electron chi connectivity index (χ4n) is 2.76. The fourth-order valence-corrected chi connectivity index (χ4v) is 2.76. The predicted octanol–water partition coefficient (Wildman–Crippen LogP) is 3.68. The normalized spacial score (nSPS) is 20.9. The molecule has 1 aliphatic rings. The summed E-state index contributed by atoms with van der Waals surface area (Å²) in [6.07, 6.45) is 7.25. The smallest absolute Gasteiger partial charge is 0.328 e. The van der Waals surface area contributed by atoms with E-state index < -0.39 is 5.97 Å². The summed E-state index contributed by atoms with van der Waals surface area (Å²) >= 11 is 0. The molecule has 1 aromatic rings. The average molecular weight is 332 g/mol. The maximum atomic E-state index is 12.2. The van der Waals surface area contributed by atoms with Gasteiger partial charge in [-0.3, -0.25) is 4.79 Å². The molecule has 1 N–H and O–H groups in total. The quantitative estimate of drug-likeness (QED) is 0.468. The first-order valence-corrected chi connectivity index (χ1v) is 8.43. The Hall–Kier alpha value is -2.14. The molecule has 0 amide bonds. The second-order valence-electron chi connectivity index (χ2n) is 6.01. The molecule has 0 unspecified atom stereocenters. The molecule has 0 radical (unpaired) electrons. The molecule has 2 rings (SSSR count). The van der Waals surface area contributed by atoms with Crippen molar-refractivity contribution in [2.24, 2.45) is 5.92 Å². The van der Waals surface area contributed by atoms with Gasteiger partial charge in [0.1, 0.15) is 5.75 Å². The zero-order chi connectivity index (χ0) is 17.4. The van der Waals surface area contributed by atoms with Crippen LogP contribution >= 0.6 is 0 Å². The number of carboxylic acids is 1. The van der Waals surface area contributed by atoms with Gasteiger partial charge in [-0.1, -0.05) is 19.1 Å². The van der Waals surface area contributed by atoms with E-state index in [1.165, 1.54) is 6.08 Å². The lowest BCUT2D eigenvalue weighted by atomic mass is 9.87. The lowest BCUT2D eigenvalue weighted by Gasteiger charge is -2.27. The highest BCUT2D eigenvalue weighted by Crippen LogP contribution is 2.28. The minimum absolute atomic E-state index is 0.0712. The Morgan fingerprint density at radius 2 is 1.83 bits per heavy atom. The van der Waals surface area contributed by atoms with Crippen LogP contribution in [0.5, 0.6) is 5.75 Å². The molecule has 130 valence electrons. The number of ether oxygens (including phenoxy) is 2. The number of hydrogen-bond acceptors (Lipinski definition) is 4. The summed E-state index contributed by atoms with van der Waals surface area (Å²) < 4.78 is 11.2. The molecule has 1 fully saturated rings. The molecule has 0 bridgehead atoms. The minimum atomic E-state index is -0.996. The van der Waals surface area contributed by atoms with Gasteiger partial charge in [-0.15, -0.1) is 0 Å². The van der Waals surface area contributed by atoms with Crippen molar-refractivity contribution in [2.45, 2.75) is 45.1 Å². The number of esters is 1. The Balaban J connectivity index is 1.81. The summed E-state index contributed by atoms with van der Waals surface area (Å²) in [6.45, 7) is 2.87. The Bertz CT molecular complexity index is 568. The second kappa shape index (κ2) is 9.23. The number of carbonyl (C=O) groups excluding carboxylic acids is 1. The number of hydrogen-bond donors (Lipinski definition) is 1. The highest BCUT2D eigenvalue weighted by Gasteiger charge is 2.28. The average Bonchev–Trinajstić information content (AvgIpc) is 2.59. The van der Waals surface area contributed by atoms with E-state index in [2.05, 4.69) is 6.92 Å². The molecule has 24 heavy (non-hydrogen) atoms. The van der Waals surface area contributed by atoms with Gasteiger partial charge >= 0.3 is 11.9 Å². The molecule has 1 saturated carbocycles. The third-order valence-corrected chi connectivity index (χ3v) is 4.08. The highest BCUT2D eigenvalue weighted by molar-refractivity contribution is 5.85. The van der Waals surface area contributed by atoms with E-state index in [4.69, 9.17) is 14.6 Å². The first-order chi connectivity index (χ1) is 11.6. The van der Waals surface area contributed by atoms with Crippen LogP contribution in [0, 0.1) is 5.92 Å². The maximum absolute atomic E-state index is 12.2. The standard InChI is InChI=1S/C19H24O5/c1-2-13-23-16-10-6-15(7-11-16)19(22)24-17-8-3-14(4-9-17)5-12-18(20)21/h3-5,8-9,12,15-16H,2,6-7,10-11,13H2,1H3,(H,20,21)/b12-5+. The van der Waals surface area contributed by atoms with E-state index >= 15 is 0 Å². The summed E-state index contributed by atoms with van der Waals surface area (Å²) in [5.41, 5.74) is 0.741. The van der Waals surface area contributed by atoms with Crippen LogP contribution in [0.2, 0.25) is 0 Å². The van der Waals surface area contributed by atoms with Gasteiger partial charge < -0.3 is 14.6 Å². The summed E-state index contributed by atoms with van der Waals surface area (Å²) in [6, 6.07) is 6.79. The predicted molar refractivity (Wildman–Crippen MR) is 90.7 cm³/mol. The Morgan fingerprint density at radius 3 is 2.42 bits per heavy atom. The molecule has 0 heterocycles. The van der Waals surface area contributed by atoms with Crippen molar-refractivity contribution in [3.8, 4) is 5.75 Å². The van der Waals surface area contributed by atoms with Gasteiger partial charge in [0.2, 0.25) is 0 Å². The van der Waals surface area contributed by atoms with Crippen LogP contribution in [0.15, 0.2) is 30.3 Å². The summed E-state index contributed by atoms with van der Waals surface area (Å²) in [5, 5.41) is 8.59. The van der Waals surface area contributed by atoms with Crippen LogP contribution in [0.3, 0.4) is 0 Å². The van der Waals surface area contributed by atoms with E-state index in [-0.39, 0.29) is 18.0 Å². The van der Waals surface area contributed by atoms with Crippen molar-refractivity contribution >= 4 is 18.0 Å². The van der Waals surface area contributed by atoms with Crippen molar-refractivity contribution in [1.29, 1.82) is 0 Å². The van der Waals surface area contributed by atoms with Crippen molar-refractivity contribution in [1.82, 2.24) is 0 Å². The van der Waals surface area contributed by atoms with Gasteiger partial charge in [0, 0.05) is 12.7 Å². The molecule has 0 saturated heterocycles. The lowest BCUT2D eigenvalue weighted by molar-refractivity contribution is -0.141. The number of rotatable bonds is 7. The Morgan fingerprint density at radius 1 is 1.17 bits per heavy atom. The number of carbonyl (C=O) groups is 2. The largest absolute Gasteiger partial charge is 0.478 e. The Labute approximate surface area is 142 Å².